The van der Waals surface area contributed by atoms with Gasteiger partial charge in [0.2, 0.25) is 0 Å². The Labute approximate surface area is 180 Å². The summed E-state index contributed by atoms with van der Waals surface area (Å²) in [6, 6.07) is 22.3. The molecule has 0 atom stereocenters. The lowest BCUT2D eigenvalue weighted by Gasteiger charge is -2.12. The van der Waals surface area contributed by atoms with Crippen LogP contribution in [0.5, 0.6) is 0 Å². The van der Waals surface area contributed by atoms with Crippen LogP contribution in [0.4, 0.5) is 5.69 Å². The van der Waals surface area contributed by atoms with E-state index >= 15 is 0 Å². The molecule has 138 valence electrons. The Bertz CT molecular complexity index is 1190. The fourth-order valence-electron chi connectivity index (χ4n) is 2.92. The zero-order valence-corrected chi connectivity index (χ0v) is 17.5. The minimum atomic E-state index is -0.277. The van der Waals surface area contributed by atoms with Gasteiger partial charge in [0.15, 0.2) is 0 Å². The van der Waals surface area contributed by atoms with Gasteiger partial charge >= 0.3 is 0 Å². The highest BCUT2D eigenvalue weighted by atomic mass is 79.9. The Morgan fingerprint density at radius 2 is 1.68 bits per heavy atom. The number of anilines is 1. The van der Waals surface area contributed by atoms with Gasteiger partial charge in [-0.1, -0.05) is 75.5 Å². The van der Waals surface area contributed by atoms with E-state index in [0.717, 1.165) is 20.9 Å². The molecule has 1 amide bonds. The molecule has 0 aliphatic carbocycles. The van der Waals surface area contributed by atoms with Crippen molar-refractivity contribution < 1.29 is 4.79 Å². The van der Waals surface area contributed by atoms with E-state index in [0.29, 0.717) is 27.0 Å². The summed E-state index contributed by atoms with van der Waals surface area (Å²) in [5.41, 5.74) is 3.35. The Hall–Kier alpha value is -2.40. The lowest BCUT2D eigenvalue weighted by Crippen LogP contribution is -2.13. The van der Waals surface area contributed by atoms with Crippen LogP contribution in [0.2, 0.25) is 10.0 Å². The number of amides is 1. The minimum Gasteiger partial charge on any atom is -0.321 e. The Kier molecular flexibility index (Phi) is 5.36. The standard InChI is InChI=1S/C22H13BrCl2N2O/c23-14-10-8-13(9-11-14)20-12-16(15-4-1-2-6-18(15)26-20)22(28)27-19-7-3-5-17(24)21(19)25/h1-12H,(H,27,28). The number of pyridine rings is 1. The molecule has 3 nitrogen and oxygen atoms in total. The van der Waals surface area contributed by atoms with Crippen LogP contribution in [0.15, 0.2) is 77.3 Å². The molecule has 6 heteroatoms. The quantitative estimate of drug-likeness (QED) is 0.342. The van der Waals surface area contributed by atoms with Gasteiger partial charge in [-0.05, 0) is 36.4 Å². The molecule has 0 radical (unpaired) electrons. The molecule has 0 aliphatic rings. The number of carbonyl (C=O) groups is 1. The second kappa shape index (κ2) is 7.92. The molecule has 0 fully saturated rings. The molecule has 1 aromatic heterocycles. The third-order valence-electron chi connectivity index (χ3n) is 4.30. The van der Waals surface area contributed by atoms with Crippen molar-refractivity contribution in [2.75, 3.05) is 5.32 Å². The first-order valence-electron chi connectivity index (χ1n) is 8.44. The van der Waals surface area contributed by atoms with E-state index < -0.39 is 0 Å². The van der Waals surface area contributed by atoms with Gasteiger partial charge in [-0.2, -0.15) is 0 Å². The van der Waals surface area contributed by atoms with E-state index in [4.69, 9.17) is 28.2 Å². The zero-order chi connectivity index (χ0) is 19.7. The van der Waals surface area contributed by atoms with E-state index in [1.807, 2.05) is 48.5 Å². The molecule has 0 saturated carbocycles. The zero-order valence-electron chi connectivity index (χ0n) is 14.4. The number of halogens is 3. The van der Waals surface area contributed by atoms with Gasteiger partial charge in [-0.25, -0.2) is 4.98 Å². The summed E-state index contributed by atoms with van der Waals surface area (Å²) in [5.74, 6) is -0.277. The first-order valence-corrected chi connectivity index (χ1v) is 9.99. The summed E-state index contributed by atoms with van der Waals surface area (Å²) < 4.78 is 0.977. The van der Waals surface area contributed by atoms with Crippen molar-refractivity contribution in [2.45, 2.75) is 0 Å². The third-order valence-corrected chi connectivity index (χ3v) is 5.65. The lowest BCUT2D eigenvalue weighted by molar-refractivity contribution is 0.102. The van der Waals surface area contributed by atoms with E-state index in [2.05, 4.69) is 21.2 Å². The van der Waals surface area contributed by atoms with Gasteiger partial charge in [-0.3, -0.25) is 4.79 Å². The summed E-state index contributed by atoms with van der Waals surface area (Å²) in [6.45, 7) is 0. The topological polar surface area (TPSA) is 42.0 Å². The van der Waals surface area contributed by atoms with E-state index in [-0.39, 0.29) is 5.91 Å². The maximum absolute atomic E-state index is 13.1. The first kappa shape index (κ1) is 18.9. The van der Waals surface area contributed by atoms with Gasteiger partial charge < -0.3 is 5.32 Å². The maximum Gasteiger partial charge on any atom is 0.256 e. The number of hydrogen-bond donors (Lipinski definition) is 1. The first-order chi connectivity index (χ1) is 13.5. The van der Waals surface area contributed by atoms with Gasteiger partial charge in [0.1, 0.15) is 0 Å². The number of hydrogen-bond acceptors (Lipinski definition) is 2. The van der Waals surface area contributed by atoms with Crippen molar-refractivity contribution in [3.63, 3.8) is 0 Å². The Morgan fingerprint density at radius 3 is 2.46 bits per heavy atom. The number of aromatic nitrogens is 1. The summed E-state index contributed by atoms with van der Waals surface area (Å²) in [5, 5.41) is 4.31. The molecule has 0 aliphatic heterocycles. The summed E-state index contributed by atoms with van der Waals surface area (Å²) in [4.78, 5) is 17.8. The summed E-state index contributed by atoms with van der Waals surface area (Å²) in [7, 11) is 0. The molecule has 28 heavy (non-hydrogen) atoms. The minimum absolute atomic E-state index is 0.277. The number of nitrogens with one attached hydrogen (secondary N) is 1. The van der Waals surface area contributed by atoms with Crippen LogP contribution in [-0.4, -0.2) is 10.9 Å². The van der Waals surface area contributed by atoms with Crippen molar-refractivity contribution in [3.05, 3.63) is 92.9 Å². The number of nitrogens with zero attached hydrogens (tertiary/aromatic N) is 1. The van der Waals surface area contributed by atoms with E-state index in [9.17, 15) is 4.79 Å². The molecule has 4 rings (SSSR count). The highest BCUT2D eigenvalue weighted by molar-refractivity contribution is 9.10. The molecule has 0 saturated heterocycles. The average molecular weight is 472 g/mol. The van der Waals surface area contributed by atoms with E-state index in [1.54, 1.807) is 24.3 Å². The molecule has 0 unspecified atom stereocenters. The second-order valence-electron chi connectivity index (χ2n) is 6.13. The van der Waals surface area contributed by atoms with Crippen LogP contribution in [0.3, 0.4) is 0 Å². The van der Waals surface area contributed by atoms with Crippen LogP contribution < -0.4 is 5.32 Å². The van der Waals surface area contributed by atoms with Crippen molar-refractivity contribution in [2.24, 2.45) is 0 Å². The fraction of sp³-hybridized carbons (Fsp3) is 0. The number of fused-ring (bicyclic) bond motifs is 1. The number of rotatable bonds is 3. The number of para-hydroxylation sites is 1. The molecule has 1 heterocycles. The van der Waals surface area contributed by atoms with Crippen LogP contribution in [0.1, 0.15) is 10.4 Å². The number of benzene rings is 3. The van der Waals surface area contributed by atoms with E-state index in [1.165, 1.54) is 0 Å². The van der Waals surface area contributed by atoms with Crippen LogP contribution in [0, 0.1) is 0 Å². The molecule has 1 N–H and O–H groups in total. The number of carbonyl (C=O) groups excluding carboxylic acids is 1. The summed E-state index contributed by atoms with van der Waals surface area (Å²) in [6.07, 6.45) is 0. The predicted octanol–water partition coefficient (Wildman–Crippen LogP) is 7.22. The maximum atomic E-state index is 13.1. The van der Waals surface area contributed by atoms with Crippen LogP contribution >= 0.6 is 39.1 Å². The molecule has 0 bridgehead atoms. The highest BCUT2D eigenvalue weighted by Crippen LogP contribution is 2.31. The largest absolute Gasteiger partial charge is 0.321 e. The third kappa shape index (κ3) is 3.76. The fourth-order valence-corrected chi connectivity index (χ4v) is 3.53. The van der Waals surface area contributed by atoms with Gasteiger partial charge in [0, 0.05) is 15.4 Å². The Balaban J connectivity index is 1.81. The van der Waals surface area contributed by atoms with Crippen molar-refractivity contribution in [3.8, 4) is 11.3 Å². The van der Waals surface area contributed by atoms with Crippen molar-refractivity contribution in [1.29, 1.82) is 0 Å². The average Bonchev–Trinajstić information content (AvgIpc) is 2.71. The van der Waals surface area contributed by atoms with Gasteiger partial charge in [-0.15, -0.1) is 0 Å². The SMILES string of the molecule is O=C(Nc1cccc(Cl)c1Cl)c1cc(-c2ccc(Br)cc2)nc2ccccc12. The van der Waals surface area contributed by atoms with Crippen molar-refractivity contribution >= 4 is 61.6 Å². The van der Waals surface area contributed by atoms with Gasteiger partial charge in [0.25, 0.3) is 5.91 Å². The Morgan fingerprint density at radius 1 is 0.929 bits per heavy atom. The highest BCUT2D eigenvalue weighted by Gasteiger charge is 2.16. The molecule has 4 aromatic rings. The normalized spacial score (nSPS) is 10.8. The van der Waals surface area contributed by atoms with Crippen LogP contribution in [-0.2, 0) is 0 Å². The molecule has 0 spiro atoms. The smallest absolute Gasteiger partial charge is 0.256 e. The van der Waals surface area contributed by atoms with Crippen LogP contribution in [0.25, 0.3) is 22.2 Å². The molecular weight excluding hydrogens is 459 g/mol. The lowest BCUT2D eigenvalue weighted by atomic mass is 10.0. The predicted molar refractivity (Wildman–Crippen MR) is 119 cm³/mol. The second-order valence-corrected chi connectivity index (χ2v) is 7.84. The summed E-state index contributed by atoms with van der Waals surface area (Å²) >= 11 is 15.7. The van der Waals surface area contributed by atoms with Crippen molar-refractivity contribution in [1.82, 2.24) is 4.98 Å². The molecular formula is C22H13BrCl2N2O. The monoisotopic (exact) mass is 470 g/mol. The molecule has 3 aromatic carbocycles. The van der Waals surface area contributed by atoms with Gasteiger partial charge in [0.05, 0.1) is 32.5 Å².